The minimum atomic E-state index is -0.600. The Labute approximate surface area is 193 Å². The first-order valence-electron chi connectivity index (χ1n) is 11.1. The molecule has 2 N–H and O–H groups in total. The number of carbonyl (C=O) groups is 2. The van der Waals surface area contributed by atoms with E-state index in [9.17, 15) is 9.59 Å². The molecule has 3 aromatic rings. The van der Waals surface area contributed by atoms with Gasteiger partial charge in [-0.3, -0.25) is 9.59 Å². The molecule has 1 atom stereocenters. The van der Waals surface area contributed by atoms with Crippen molar-refractivity contribution >= 4 is 17.6 Å². The van der Waals surface area contributed by atoms with E-state index in [1.165, 1.54) is 0 Å². The molecule has 1 saturated heterocycles. The highest BCUT2D eigenvalue weighted by Crippen LogP contribution is 2.26. The maximum Gasteiger partial charge on any atom is 0.258 e. The second kappa shape index (κ2) is 9.73. The predicted molar refractivity (Wildman–Crippen MR) is 128 cm³/mol. The van der Waals surface area contributed by atoms with Gasteiger partial charge in [0.05, 0.1) is 12.7 Å². The Kier molecular flexibility index (Phi) is 6.58. The Morgan fingerprint density at radius 1 is 1.09 bits per heavy atom. The Morgan fingerprint density at radius 2 is 1.88 bits per heavy atom. The van der Waals surface area contributed by atoms with Gasteiger partial charge in [0.2, 0.25) is 5.91 Å². The predicted octanol–water partition coefficient (Wildman–Crippen LogP) is 3.26. The standard InChI is InChI=1S/C26H28N4O3/c1-3-29-14-15-30(25(31)22-8-5-13-28-24(22)27)23(26(29)32)17-18-6-4-7-20(16-18)19-9-11-21(33-2)12-10-19/h4-13,16,23H,3,14-15,17H2,1-2H3,(H2,27,28). The molecule has 0 bridgehead atoms. The summed E-state index contributed by atoms with van der Waals surface area (Å²) in [4.78, 5) is 34.1. The van der Waals surface area contributed by atoms with E-state index in [2.05, 4.69) is 11.1 Å². The number of hydrogen-bond donors (Lipinski definition) is 1. The summed E-state index contributed by atoms with van der Waals surface area (Å²) < 4.78 is 5.25. The molecule has 7 heteroatoms. The third-order valence-corrected chi connectivity index (χ3v) is 6.07. The summed E-state index contributed by atoms with van der Waals surface area (Å²) in [5, 5.41) is 0. The van der Waals surface area contributed by atoms with E-state index in [1.807, 2.05) is 49.4 Å². The van der Waals surface area contributed by atoms with Gasteiger partial charge < -0.3 is 20.3 Å². The van der Waals surface area contributed by atoms with Gasteiger partial charge in [0.25, 0.3) is 5.91 Å². The van der Waals surface area contributed by atoms with Crippen LogP contribution in [0.5, 0.6) is 5.75 Å². The number of pyridine rings is 1. The first kappa shape index (κ1) is 22.3. The minimum Gasteiger partial charge on any atom is -0.497 e. The van der Waals surface area contributed by atoms with Gasteiger partial charge in [-0.2, -0.15) is 0 Å². The molecule has 1 fully saturated rings. The molecule has 170 valence electrons. The Balaban J connectivity index is 1.63. The van der Waals surface area contributed by atoms with Crippen LogP contribution in [0, 0.1) is 0 Å². The topological polar surface area (TPSA) is 88.8 Å². The second-order valence-electron chi connectivity index (χ2n) is 8.00. The third kappa shape index (κ3) is 4.67. The van der Waals surface area contributed by atoms with E-state index < -0.39 is 6.04 Å². The molecule has 0 aliphatic carbocycles. The molecule has 2 aromatic carbocycles. The van der Waals surface area contributed by atoms with E-state index >= 15 is 0 Å². The number of rotatable bonds is 6. The van der Waals surface area contributed by atoms with Gasteiger partial charge in [-0.05, 0) is 47.9 Å². The highest BCUT2D eigenvalue weighted by Gasteiger charge is 2.37. The largest absolute Gasteiger partial charge is 0.497 e. The maximum absolute atomic E-state index is 13.3. The van der Waals surface area contributed by atoms with E-state index in [0.717, 1.165) is 22.4 Å². The highest BCUT2D eigenvalue weighted by atomic mass is 16.5. The summed E-state index contributed by atoms with van der Waals surface area (Å²) in [6, 6.07) is 18.7. The molecule has 2 heterocycles. The highest BCUT2D eigenvalue weighted by molar-refractivity contribution is 6.01. The van der Waals surface area contributed by atoms with Crippen LogP contribution in [0.2, 0.25) is 0 Å². The maximum atomic E-state index is 13.3. The summed E-state index contributed by atoms with van der Waals surface area (Å²) in [7, 11) is 1.64. The molecule has 33 heavy (non-hydrogen) atoms. The number of amides is 2. The zero-order valence-corrected chi connectivity index (χ0v) is 18.9. The molecule has 4 rings (SSSR count). The molecule has 1 aromatic heterocycles. The van der Waals surface area contributed by atoms with Crippen LogP contribution in [0.4, 0.5) is 5.82 Å². The van der Waals surface area contributed by atoms with Gasteiger partial charge >= 0.3 is 0 Å². The molecule has 1 aliphatic heterocycles. The monoisotopic (exact) mass is 444 g/mol. The quantitative estimate of drug-likeness (QED) is 0.631. The summed E-state index contributed by atoms with van der Waals surface area (Å²) in [6.45, 7) is 3.52. The molecular weight excluding hydrogens is 416 g/mol. The summed E-state index contributed by atoms with van der Waals surface area (Å²) in [6.07, 6.45) is 1.97. The number of likely N-dealkylation sites (N-methyl/N-ethyl adjacent to an activating group) is 1. The number of nitrogens with zero attached hydrogens (tertiary/aromatic N) is 3. The molecule has 1 unspecified atom stereocenters. The van der Waals surface area contributed by atoms with Crippen LogP contribution in [-0.4, -0.2) is 59.4 Å². The number of anilines is 1. The van der Waals surface area contributed by atoms with E-state index in [0.29, 0.717) is 31.6 Å². The lowest BCUT2D eigenvalue weighted by molar-refractivity contribution is -0.139. The average Bonchev–Trinajstić information content (AvgIpc) is 2.85. The summed E-state index contributed by atoms with van der Waals surface area (Å²) in [5.41, 5.74) is 9.36. The summed E-state index contributed by atoms with van der Waals surface area (Å²) >= 11 is 0. The zero-order chi connectivity index (χ0) is 23.4. The number of methoxy groups -OCH3 is 1. The fourth-order valence-electron chi connectivity index (χ4n) is 4.23. The first-order valence-corrected chi connectivity index (χ1v) is 11.1. The normalized spacial score (nSPS) is 16.1. The number of ether oxygens (including phenoxy) is 1. The van der Waals surface area contributed by atoms with Crippen LogP contribution >= 0.6 is 0 Å². The molecule has 0 radical (unpaired) electrons. The van der Waals surface area contributed by atoms with Crippen LogP contribution in [0.25, 0.3) is 11.1 Å². The van der Waals surface area contributed by atoms with Crippen LogP contribution in [0.1, 0.15) is 22.8 Å². The Morgan fingerprint density at radius 3 is 2.58 bits per heavy atom. The van der Waals surface area contributed by atoms with Gasteiger partial charge in [-0.25, -0.2) is 4.98 Å². The molecule has 0 spiro atoms. The number of nitrogen functional groups attached to an aromatic ring is 1. The number of nitrogens with two attached hydrogens (primary N) is 1. The lowest BCUT2D eigenvalue weighted by Gasteiger charge is -2.40. The number of piperazine rings is 1. The van der Waals surface area contributed by atoms with Gasteiger partial charge in [-0.15, -0.1) is 0 Å². The molecule has 0 saturated carbocycles. The fourth-order valence-corrected chi connectivity index (χ4v) is 4.23. The van der Waals surface area contributed by atoms with Crippen molar-refractivity contribution in [1.29, 1.82) is 0 Å². The van der Waals surface area contributed by atoms with Gasteiger partial charge in [0.15, 0.2) is 0 Å². The van der Waals surface area contributed by atoms with Crippen LogP contribution < -0.4 is 10.5 Å². The van der Waals surface area contributed by atoms with Crippen LogP contribution in [-0.2, 0) is 11.2 Å². The minimum absolute atomic E-state index is 0.0468. The molecular formula is C26H28N4O3. The SMILES string of the molecule is CCN1CCN(C(=O)c2cccnc2N)C(Cc2cccc(-c3ccc(OC)cc3)c2)C1=O. The smallest absolute Gasteiger partial charge is 0.258 e. The van der Waals surface area contributed by atoms with Crippen molar-refractivity contribution in [3.63, 3.8) is 0 Å². The van der Waals surface area contributed by atoms with Crippen molar-refractivity contribution < 1.29 is 14.3 Å². The average molecular weight is 445 g/mol. The zero-order valence-electron chi connectivity index (χ0n) is 18.9. The Hall–Kier alpha value is -3.87. The van der Waals surface area contributed by atoms with Gasteiger partial charge in [-0.1, -0.05) is 36.4 Å². The lowest BCUT2D eigenvalue weighted by Crippen LogP contribution is -2.59. The van der Waals surface area contributed by atoms with Crippen LogP contribution in [0.3, 0.4) is 0 Å². The van der Waals surface area contributed by atoms with Crippen molar-refractivity contribution in [3.05, 3.63) is 78.0 Å². The fraction of sp³-hybridized carbons (Fsp3) is 0.269. The van der Waals surface area contributed by atoms with Gasteiger partial charge in [0.1, 0.15) is 17.6 Å². The van der Waals surface area contributed by atoms with Crippen molar-refractivity contribution in [2.45, 2.75) is 19.4 Å². The second-order valence-corrected chi connectivity index (χ2v) is 8.00. The van der Waals surface area contributed by atoms with Crippen LogP contribution in [0.15, 0.2) is 66.9 Å². The van der Waals surface area contributed by atoms with Crippen molar-refractivity contribution in [3.8, 4) is 16.9 Å². The van der Waals surface area contributed by atoms with Crippen molar-refractivity contribution in [2.75, 3.05) is 32.5 Å². The molecule has 7 nitrogen and oxygen atoms in total. The van der Waals surface area contributed by atoms with Crippen molar-refractivity contribution in [2.24, 2.45) is 0 Å². The number of aromatic nitrogens is 1. The van der Waals surface area contributed by atoms with E-state index in [1.54, 1.807) is 35.2 Å². The third-order valence-electron chi connectivity index (χ3n) is 6.07. The Bertz CT molecular complexity index is 1150. The molecule has 2 amide bonds. The van der Waals surface area contributed by atoms with E-state index in [4.69, 9.17) is 10.5 Å². The lowest BCUT2D eigenvalue weighted by atomic mass is 9.96. The number of benzene rings is 2. The summed E-state index contributed by atoms with van der Waals surface area (Å²) in [5.74, 6) is 0.662. The number of hydrogen-bond acceptors (Lipinski definition) is 5. The van der Waals surface area contributed by atoms with E-state index in [-0.39, 0.29) is 17.6 Å². The van der Waals surface area contributed by atoms with Crippen molar-refractivity contribution in [1.82, 2.24) is 14.8 Å². The van der Waals surface area contributed by atoms with Gasteiger partial charge in [0, 0.05) is 32.3 Å². The number of carbonyl (C=O) groups excluding carboxylic acids is 2. The molecule has 1 aliphatic rings. The first-order chi connectivity index (χ1) is 16.0.